The van der Waals surface area contributed by atoms with Crippen LogP contribution in [-0.2, 0) is 0 Å². The van der Waals surface area contributed by atoms with Crippen molar-refractivity contribution >= 4 is 51.1 Å². The van der Waals surface area contributed by atoms with E-state index in [1.165, 1.54) is 11.3 Å². The van der Waals surface area contributed by atoms with E-state index in [0.29, 0.717) is 0 Å². The second-order valence-corrected chi connectivity index (χ2v) is 5.30. The first-order chi connectivity index (χ1) is 6.76. The van der Waals surface area contributed by atoms with E-state index >= 15 is 0 Å². The van der Waals surface area contributed by atoms with Crippen LogP contribution in [-0.4, -0.2) is 12.5 Å². The Morgan fingerprint density at radius 2 is 2.29 bits per heavy atom. The van der Waals surface area contributed by atoms with Crippen molar-refractivity contribution in [1.82, 2.24) is 0 Å². The number of halogens is 1. The minimum atomic E-state index is 0.717. The number of benzene rings is 1. The number of thiophene rings is 1. The molecule has 0 unspecified atom stereocenters. The first-order valence-electron chi connectivity index (χ1n) is 3.97. The molecule has 0 aliphatic carbocycles. The summed E-state index contributed by atoms with van der Waals surface area (Å²) in [5, 5.41) is 1.08. The van der Waals surface area contributed by atoms with Crippen LogP contribution in [0.2, 0.25) is 4.34 Å². The summed E-state index contributed by atoms with van der Waals surface area (Å²) in [6.45, 7) is 0. The maximum absolute atomic E-state index is 10.8. The summed E-state index contributed by atoms with van der Waals surface area (Å²) >= 11 is 9.05. The zero-order valence-corrected chi connectivity index (χ0v) is 9.80. The van der Waals surface area contributed by atoms with E-state index in [0.717, 1.165) is 31.2 Å². The Hall–Kier alpha value is -0.510. The maximum Gasteiger partial charge on any atom is 0.151 e. The second kappa shape index (κ2) is 3.93. The van der Waals surface area contributed by atoms with E-state index in [-0.39, 0.29) is 0 Å². The van der Waals surface area contributed by atoms with Gasteiger partial charge in [-0.3, -0.25) is 4.79 Å². The first-order valence-corrected chi connectivity index (χ1v) is 6.39. The number of aldehydes is 1. The molecule has 0 bridgehead atoms. The molecule has 0 saturated carbocycles. The summed E-state index contributed by atoms with van der Waals surface area (Å²) in [4.78, 5) is 11.9. The van der Waals surface area contributed by atoms with Crippen LogP contribution in [0.15, 0.2) is 23.1 Å². The van der Waals surface area contributed by atoms with Crippen LogP contribution in [0.4, 0.5) is 0 Å². The Labute approximate surface area is 95.1 Å². The van der Waals surface area contributed by atoms with Crippen LogP contribution < -0.4 is 0 Å². The fourth-order valence-corrected chi connectivity index (χ4v) is 3.23. The molecule has 1 aromatic heterocycles. The average Bonchev–Trinajstić information content (AvgIpc) is 2.57. The highest BCUT2D eigenvalue weighted by Gasteiger charge is 2.08. The Kier molecular flexibility index (Phi) is 2.81. The van der Waals surface area contributed by atoms with Gasteiger partial charge in [-0.05, 0) is 24.5 Å². The summed E-state index contributed by atoms with van der Waals surface area (Å²) in [7, 11) is 0. The van der Waals surface area contributed by atoms with Gasteiger partial charge >= 0.3 is 0 Å². The molecule has 1 aromatic carbocycles. The van der Waals surface area contributed by atoms with Gasteiger partial charge in [-0.1, -0.05) is 11.6 Å². The third kappa shape index (κ3) is 1.56. The Balaban J connectivity index is 2.83. The lowest BCUT2D eigenvalue weighted by Crippen LogP contribution is -1.80. The maximum atomic E-state index is 10.8. The number of carbonyl (C=O) groups excluding carboxylic acids is 1. The van der Waals surface area contributed by atoms with Crippen molar-refractivity contribution in [2.75, 3.05) is 6.26 Å². The lowest BCUT2D eigenvalue weighted by Gasteiger charge is -1.99. The highest BCUT2D eigenvalue weighted by Crippen LogP contribution is 2.36. The molecule has 0 aliphatic rings. The van der Waals surface area contributed by atoms with Crippen molar-refractivity contribution in [3.63, 3.8) is 0 Å². The smallest absolute Gasteiger partial charge is 0.151 e. The molecule has 1 heterocycles. The molecule has 0 spiro atoms. The fraction of sp³-hybridized carbons (Fsp3) is 0.100. The van der Waals surface area contributed by atoms with Crippen molar-refractivity contribution < 1.29 is 4.79 Å². The molecule has 2 aromatic rings. The molecule has 0 radical (unpaired) electrons. The van der Waals surface area contributed by atoms with Crippen LogP contribution in [0.25, 0.3) is 10.1 Å². The van der Waals surface area contributed by atoms with Gasteiger partial charge in [-0.2, -0.15) is 0 Å². The predicted octanol–water partition coefficient (Wildman–Crippen LogP) is 4.09. The second-order valence-electron chi connectivity index (χ2n) is 2.77. The predicted molar refractivity (Wildman–Crippen MR) is 64.0 cm³/mol. The average molecular weight is 243 g/mol. The van der Waals surface area contributed by atoms with E-state index in [2.05, 4.69) is 0 Å². The summed E-state index contributed by atoms with van der Waals surface area (Å²) in [6, 6.07) is 5.72. The normalized spacial score (nSPS) is 10.7. The summed E-state index contributed by atoms with van der Waals surface area (Å²) in [5.41, 5.74) is 0.717. The van der Waals surface area contributed by atoms with Crippen molar-refractivity contribution in [2.45, 2.75) is 4.90 Å². The highest BCUT2D eigenvalue weighted by atomic mass is 35.5. The molecule has 14 heavy (non-hydrogen) atoms. The molecular formula is C10H7ClOS2. The largest absolute Gasteiger partial charge is 0.298 e. The number of thioether (sulfide) groups is 1. The van der Waals surface area contributed by atoms with Gasteiger partial charge in [0.15, 0.2) is 6.29 Å². The van der Waals surface area contributed by atoms with Crippen LogP contribution in [0.5, 0.6) is 0 Å². The molecule has 0 aliphatic heterocycles. The van der Waals surface area contributed by atoms with Crippen LogP contribution >= 0.6 is 34.7 Å². The van der Waals surface area contributed by atoms with Gasteiger partial charge in [0, 0.05) is 20.5 Å². The molecular weight excluding hydrogens is 236 g/mol. The monoisotopic (exact) mass is 242 g/mol. The number of carbonyl (C=O) groups is 1. The van der Waals surface area contributed by atoms with E-state index in [9.17, 15) is 4.79 Å². The Morgan fingerprint density at radius 3 is 2.93 bits per heavy atom. The minimum absolute atomic E-state index is 0.717. The standard InChI is InChI=1S/C10H7ClOS2/c1-13-8-3-2-6(5-12)10-7(8)4-9(11)14-10/h2-5H,1H3. The summed E-state index contributed by atoms with van der Waals surface area (Å²) in [6.07, 6.45) is 2.89. The minimum Gasteiger partial charge on any atom is -0.298 e. The molecule has 1 nitrogen and oxygen atoms in total. The number of hydrogen-bond acceptors (Lipinski definition) is 3. The quantitative estimate of drug-likeness (QED) is 0.583. The van der Waals surface area contributed by atoms with E-state index < -0.39 is 0 Å². The van der Waals surface area contributed by atoms with Gasteiger partial charge in [-0.25, -0.2) is 0 Å². The molecule has 4 heteroatoms. The third-order valence-electron chi connectivity index (χ3n) is 1.99. The molecule has 0 amide bonds. The van der Waals surface area contributed by atoms with Gasteiger partial charge in [0.05, 0.1) is 4.34 Å². The molecule has 0 saturated heterocycles. The topological polar surface area (TPSA) is 17.1 Å². The Bertz CT molecular complexity index is 490. The fourth-order valence-electron chi connectivity index (χ4n) is 1.36. The van der Waals surface area contributed by atoms with Gasteiger partial charge in [0.2, 0.25) is 0 Å². The summed E-state index contributed by atoms with van der Waals surface area (Å²) < 4.78 is 1.71. The van der Waals surface area contributed by atoms with Gasteiger partial charge in [-0.15, -0.1) is 23.1 Å². The van der Waals surface area contributed by atoms with E-state index in [1.807, 2.05) is 24.5 Å². The van der Waals surface area contributed by atoms with E-state index in [1.54, 1.807) is 11.8 Å². The highest BCUT2D eigenvalue weighted by molar-refractivity contribution is 7.98. The van der Waals surface area contributed by atoms with Crippen molar-refractivity contribution in [3.05, 3.63) is 28.1 Å². The molecule has 0 atom stereocenters. The molecule has 72 valence electrons. The lowest BCUT2D eigenvalue weighted by molar-refractivity contribution is 0.112. The Morgan fingerprint density at radius 1 is 1.50 bits per heavy atom. The lowest BCUT2D eigenvalue weighted by atomic mass is 10.2. The number of fused-ring (bicyclic) bond motifs is 1. The summed E-state index contributed by atoms with van der Waals surface area (Å²) in [5.74, 6) is 0. The molecule has 2 rings (SSSR count). The zero-order chi connectivity index (χ0) is 10.1. The van der Waals surface area contributed by atoms with Gasteiger partial charge < -0.3 is 0 Å². The molecule has 0 fully saturated rings. The first kappa shape index (κ1) is 10.0. The van der Waals surface area contributed by atoms with Crippen molar-refractivity contribution in [1.29, 1.82) is 0 Å². The van der Waals surface area contributed by atoms with Crippen LogP contribution in [0.1, 0.15) is 10.4 Å². The van der Waals surface area contributed by atoms with Crippen molar-refractivity contribution in [2.24, 2.45) is 0 Å². The number of hydrogen-bond donors (Lipinski definition) is 0. The van der Waals surface area contributed by atoms with Crippen molar-refractivity contribution in [3.8, 4) is 0 Å². The van der Waals surface area contributed by atoms with Crippen LogP contribution in [0.3, 0.4) is 0 Å². The molecule has 0 N–H and O–H groups in total. The van der Waals surface area contributed by atoms with Gasteiger partial charge in [0.1, 0.15) is 0 Å². The third-order valence-corrected chi connectivity index (χ3v) is 4.10. The zero-order valence-electron chi connectivity index (χ0n) is 7.41. The van der Waals surface area contributed by atoms with Gasteiger partial charge in [0.25, 0.3) is 0 Å². The number of rotatable bonds is 2. The van der Waals surface area contributed by atoms with Crippen LogP contribution in [0, 0.1) is 0 Å². The van der Waals surface area contributed by atoms with E-state index in [4.69, 9.17) is 11.6 Å². The SMILES string of the molecule is CSc1ccc(C=O)c2sc(Cl)cc12.